The molecule has 0 atom stereocenters. The predicted molar refractivity (Wildman–Crippen MR) is 90.4 cm³/mol. The second-order valence-electron chi connectivity index (χ2n) is 5.34. The fourth-order valence-corrected chi connectivity index (χ4v) is 2.95. The Kier molecular flexibility index (Phi) is 4.67. The number of nitrogens with zero attached hydrogens (tertiary/aromatic N) is 3. The lowest BCUT2D eigenvalue weighted by molar-refractivity contribution is 0.0746. The zero-order chi connectivity index (χ0) is 16.2. The monoisotopic (exact) mass is 331 g/mol. The molecule has 1 aliphatic heterocycles. The molecule has 0 aliphatic carbocycles. The zero-order valence-electron chi connectivity index (χ0n) is 12.9. The third-order valence-corrected chi connectivity index (χ3v) is 4.27. The number of carbonyl (C=O) groups excluding carboxylic acids is 1. The number of ether oxygens (including phenoxy) is 1. The Balaban J connectivity index is 1.66. The first kappa shape index (κ1) is 15.6. The molecular formula is C17H18ClN3O2. The molecule has 2 heterocycles. The molecular weight excluding hydrogens is 314 g/mol. The van der Waals surface area contributed by atoms with Crippen LogP contribution in [0.25, 0.3) is 0 Å². The summed E-state index contributed by atoms with van der Waals surface area (Å²) < 4.78 is 5.18. The van der Waals surface area contributed by atoms with Gasteiger partial charge in [-0.2, -0.15) is 0 Å². The van der Waals surface area contributed by atoms with Crippen molar-refractivity contribution >= 4 is 23.2 Å². The number of benzene rings is 1. The van der Waals surface area contributed by atoms with Crippen molar-refractivity contribution < 1.29 is 9.53 Å². The highest BCUT2D eigenvalue weighted by molar-refractivity contribution is 6.33. The standard InChI is InChI=1S/C17H18ClN3O2/c1-23-14-4-2-3-13(11-14)17(22)21-9-7-20(8-10-21)16-5-6-19-12-15(16)18/h2-6,11-12H,7-10H2,1H3. The van der Waals surface area contributed by atoms with Gasteiger partial charge in [-0.05, 0) is 24.3 Å². The van der Waals surface area contributed by atoms with E-state index in [-0.39, 0.29) is 5.91 Å². The van der Waals surface area contributed by atoms with Gasteiger partial charge in [0, 0.05) is 44.1 Å². The van der Waals surface area contributed by atoms with Crippen molar-refractivity contribution in [3.63, 3.8) is 0 Å². The van der Waals surface area contributed by atoms with Crippen LogP contribution in [0.15, 0.2) is 42.7 Å². The molecule has 1 aromatic carbocycles. The van der Waals surface area contributed by atoms with E-state index in [1.54, 1.807) is 25.6 Å². The lowest BCUT2D eigenvalue weighted by Crippen LogP contribution is -2.48. The molecule has 6 heteroatoms. The van der Waals surface area contributed by atoms with Crippen molar-refractivity contribution in [1.82, 2.24) is 9.88 Å². The van der Waals surface area contributed by atoms with E-state index in [2.05, 4.69) is 9.88 Å². The number of anilines is 1. The maximum absolute atomic E-state index is 12.6. The molecule has 5 nitrogen and oxygen atoms in total. The molecule has 0 radical (unpaired) electrons. The maximum atomic E-state index is 12.6. The Morgan fingerprint density at radius 1 is 1.22 bits per heavy atom. The summed E-state index contributed by atoms with van der Waals surface area (Å²) in [6.45, 7) is 2.82. The summed E-state index contributed by atoms with van der Waals surface area (Å²) in [6.07, 6.45) is 3.37. The average molecular weight is 332 g/mol. The minimum Gasteiger partial charge on any atom is -0.497 e. The van der Waals surface area contributed by atoms with E-state index in [0.29, 0.717) is 29.4 Å². The van der Waals surface area contributed by atoms with Crippen LogP contribution in [0, 0.1) is 0 Å². The fraction of sp³-hybridized carbons (Fsp3) is 0.294. The molecule has 0 N–H and O–H groups in total. The van der Waals surface area contributed by atoms with E-state index in [1.807, 2.05) is 29.2 Å². The first-order valence-corrected chi connectivity index (χ1v) is 7.84. The van der Waals surface area contributed by atoms with Crippen LogP contribution in [-0.2, 0) is 0 Å². The Hall–Kier alpha value is -2.27. The number of carbonyl (C=O) groups is 1. The topological polar surface area (TPSA) is 45.7 Å². The van der Waals surface area contributed by atoms with Gasteiger partial charge in [0.15, 0.2) is 0 Å². The number of halogens is 1. The van der Waals surface area contributed by atoms with E-state index >= 15 is 0 Å². The van der Waals surface area contributed by atoms with Gasteiger partial charge in [0.1, 0.15) is 5.75 Å². The first-order valence-electron chi connectivity index (χ1n) is 7.47. The highest BCUT2D eigenvalue weighted by Crippen LogP contribution is 2.25. The van der Waals surface area contributed by atoms with Crippen molar-refractivity contribution in [3.05, 3.63) is 53.3 Å². The third-order valence-electron chi connectivity index (χ3n) is 3.98. The smallest absolute Gasteiger partial charge is 0.254 e. The van der Waals surface area contributed by atoms with E-state index in [4.69, 9.17) is 16.3 Å². The van der Waals surface area contributed by atoms with Crippen molar-refractivity contribution in [2.24, 2.45) is 0 Å². The van der Waals surface area contributed by atoms with Crippen LogP contribution in [0.1, 0.15) is 10.4 Å². The Bertz CT molecular complexity index is 700. The van der Waals surface area contributed by atoms with E-state index < -0.39 is 0 Å². The molecule has 0 unspecified atom stereocenters. The van der Waals surface area contributed by atoms with Crippen LogP contribution in [-0.4, -0.2) is 49.1 Å². The van der Waals surface area contributed by atoms with Crippen molar-refractivity contribution in [1.29, 1.82) is 0 Å². The SMILES string of the molecule is COc1cccc(C(=O)N2CCN(c3ccncc3Cl)CC2)c1. The normalized spacial score (nSPS) is 14.7. The summed E-state index contributed by atoms with van der Waals surface area (Å²) in [5.41, 5.74) is 1.62. The summed E-state index contributed by atoms with van der Waals surface area (Å²) >= 11 is 6.19. The van der Waals surface area contributed by atoms with E-state index in [0.717, 1.165) is 18.8 Å². The second kappa shape index (κ2) is 6.87. The van der Waals surface area contributed by atoms with Gasteiger partial charge in [0.05, 0.1) is 17.8 Å². The second-order valence-corrected chi connectivity index (χ2v) is 5.75. The van der Waals surface area contributed by atoms with Crippen molar-refractivity contribution in [2.45, 2.75) is 0 Å². The van der Waals surface area contributed by atoms with Gasteiger partial charge in [-0.1, -0.05) is 17.7 Å². The molecule has 0 saturated carbocycles. The molecule has 120 valence electrons. The van der Waals surface area contributed by atoms with Gasteiger partial charge < -0.3 is 14.5 Å². The molecule has 1 amide bonds. The summed E-state index contributed by atoms with van der Waals surface area (Å²) in [5, 5.41) is 0.639. The summed E-state index contributed by atoms with van der Waals surface area (Å²) in [7, 11) is 1.60. The number of aromatic nitrogens is 1. The maximum Gasteiger partial charge on any atom is 0.254 e. The number of hydrogen-bond acceptors (Lipinski definition) is 4. The summed E-state index contributed by atoms with van der Waals surface area (Å²) in [6, 6.07) is 9.16. The van der Waals surface area contributed by atoms with Crippen LogP contribution in [0.3, 0.4) is 0 Å². The average Bonchev–Trinajstić information content (AvgIpc) is 2.62. The van der Waals surface area contributed by atoms with Gasteiger partial charge in [-0.3, -0.25) is 9.78 Å². The van der Waals surface area contributed by atoms with Gasteiger partial charge >= 0.3 is 0 Å². The Morgan fingerprint density at radius 3 is 2.70 bits per heavy atom. The quantitative estimate of drug-likeness (QED) is 0.867. The molecule has 0 spiro atoms. The molecule has 0 bridgehead atoms. The molecule has 1 aliphatic rings. The molecule has 23 heavy (non-hydrogen) atoms. The van der Waals surface area contributed by atoms with Gasteiger partial charge in [-0.15, -0.1) is 0 Å². The number of methoxy groups -OCH3 is 1. The van der Waals surface area contributed by atoms with Gasteiger partial charge in [0.25, 0.3) is 5.91 Å². The molecule has 2 aromatic rings. The lowest BCUT2D eigenvalue weighted by atomic mass is 10.1. The zero-order valence-corrected chi connectivity index (χ0v) is 13.7. The van der Waals surface area contributed by atoms with Crippen LogP contribution in [0.2, 0.25) is 5.02 Å². The highest BCUT2D eigenvalue weighted by Gasteiger charge is 2.23. The first-order chi connectivity index (χ1) is 11.2. The number of amides is 1. The highest BCUT2D eigenvalue weighted by atomic mass is 35.5. The van der Waals surface area contributed by atoms with Gasteiger partial charge in [-0.25, -0.2) is 0 Å². The molecule has 1 aromatic heterocycles. The van der Waals surface area contributed by atoms with E-state index in [9.17, 15) is 4.79 Å². The third kappa shape index (κ3) is 3.40. The fourth-order valence-electron chi connectivity index (χ4n) is 2.71. The van der Waals surface area contributed by atoms with Crippen LogP contribution in [0.4, 0.5) is 5.69 Å². The molecule has 1 fully saturated rings. The molecule has 3 rings (SSSR count). The predicted octanol–water partition coefficient (Wildman–Crippen LogP) is 2.71. The van der Waals surface area contributed by atoms with E-state index in [1.165, 1.54) is 0 Å². The van der Waals surface area contributed by atoms with Crippen molar-refractivity contribution in [2.75, 3.05) is 38.2 Å². The van der Waals surface area contributed by atoms with Crippen LogP contribution < -0.4 is 9.64 Å². The largest absolute Gasteiger partial charge is 0.497 e. The summed E-state index contributed by atoms with van der Waals surface area (Å²) in [4.78, 5) is 20.6. The number of hydrogen-bond donors (Lipinski definition) is 0. The number of pyridine rings is 1. The number of piperazine rings is 1. The minimum atomic E-state index is 0.0318. The molecule has 1 saturated heterocycles. The van der Waals surface area contributed by atoms with Crippen LogP contribution in [0.5, 0.6) is 5.75 Å². The van der Waals surface area contributed by atoms with Gasteiger partial charge in [0.2, 0.25) is 0 Å². The van der Waals surface area contributed by atoms with Crippen LogP contribution >= 0.6 is 11.6 Å². The Labute approximate surface area is 140 Å². The Morgan fingerprint density at radius 2 is 2.00 bits per heavy atom. The lowest BCUT2D eigenvalue weighted by Gasteiger charge is -2.36. The minimum absolute atomic E-state index is 0.0318. The van der Waals surface area contributed by atoms with Crippen molar-refractivity contribution in [3.8, 4) is 5.75 Å². The summed E-state index contributed by atoms with van der Waals surface area (Å²) in [5.74, 6) is 0.724. The number of rotatable bonds is 3.